The lowest BCUT2D eigenvalue weighted by atomic mass is 10.1. The Morgan fingerprint density at radius 2 is 2.00 bits per heavy atom. The van der Waals surface area contributed by atoms with E-state index in [4.69, 9.17) is 0 Å². The Morgan fingerprint density at radius 3 is 2.65 bits per heavy atom. The van der Waals surface area contributed by atoms with Gasteiger partial charge in [0.05, 0.1) is 11.1 Å². The van der Waals surface area contributed by atoms with Crippen LogP contribution in [-0.4, -0.2) is 20.6 Å². The van der Waals surface area contributed by atoms with Crippen molar-refractivity contribution in [3.63, 3.8) is 0 Å². The lowest BCUT2D eigenvalue weighted by Gasteiger charge is -2.09. The Kier molecular flexibility index (Phi) is 4.93. The van der Waals surface area contributed by atoms with Gasteiger partial charge in [0.25, 0.3) is 11.6 Å². The summed E-state index contributed by atoms with van der Waals surface area (Å²) in [6, 6.07) is 13.5. The van der Waals surface area contributed by atoms with E-state index in [1.165, 1.54) is 12.1 Å². The fraction of sp³-hybridized carbons (Fsp3) is 0.111. The van der Waals surface area contributed by atoms with Gasteiger partial charge >= 0.3 is 0 Å². The van der Waals surface area contributed by atoms with Crippen molar-refractivity contribution in [3.8, 4) is 0 Å². The Balaban J connectivity index is 1.77. The zero-order valence-electron chi connectivity index (χ0n) is 14.0. The minimum Gasteiger partial charge on any atom is -0.350 e. The molecular formula is C18H17N5O3. The summed E-state index contributed by atoms with van der Waals surface area (Å²) in [5, 5.41) is 21.1. The molecule has 2 N–H and O–H groups in total. The van der Waals surface area contributed by atoms with Crippen LogP contribution in [-0.2, 0) is 13.6 Å². The van der Waals surface area contributed by atoms with Crippen LogP contribution >= 0.6 is 0 Å². The SMILES string of the molecule is Cn1cc(CNC(=O)c2ccc(Nc3ccccc3)c([N+](=O)[O-])c2)cn1. The Labute approximate surface area is 149 Å². The smallest absolute Gasteiger partial charge is 0.293 e. The quantitative estimate of drug-likeness (QED) is 0.525. The first-order valence-corrected chi connectivity index (χ1v) is 7.89. The Morgan fingerprint density at radius 1 is 1.23 bits per heavy atom. The number of benzene rings is 2. The van der Waals surface area contributed by atoms with Crippen LogP contribution in [0.15, 0.2) is 60.9 Å². The van der Waals surface area contributed by atoms with Crippen molar-refractivity contribution >= 4 is 23.0 Å². The predicted molar refractivity (Wildman–Crippen MR) is 97.2 cm³/mol. The van der Waals surface area contributed by atoms with E-state index in [9.17, 15) is 14.9 Å². The van der Waals surface area contributed by atoms with Crippen LogP contribution in [0.4, 0.5) is 17.1 Å². The first-order valence-electron chi connectivity index (χ1n) is 7.89. The number of amides is 1. The fourth-order valence-electron chi connectivity index (χ4n) is 2.45. The number of carbonyl (C=O) groups is 1. The van der Waals surface area contributed by atoms with Crippen LogP contribution in [0.1, 0.15) is 15.9 Å². The number of hydrogen-bond donors (Lipinski definition) is 2. The standard InChI is InChI=1S/C18H17N5O3/c1-22-12-13(11-20-22)10-19-18(24)14-7-8-16(17(9-14)23(25)26)21-15-5-3-2-4-6-15/h2-9,11-12,21H,10H2,1H3,(H,19,24). The van der Waals surface area contributed by atoms with Crippen molar-refractivity contribution in [1.82, 2.24) is 15.1 Å². The summed E-state index contributed by atoms with van der Waals surface area (Å²) in [5.41, 5.74) is 1.95. The number of aryl methyl sites for hydroxylation is 1. The van der Waals surface area contributed by atoms with Crippen molar-refractivity contribution in [2.75, 3.05) is 5.32 Å². The molecule has 0 unspecified atom stereocenters. The molecule has 0 bridgehead atoms. The van der Waals surface area contributed by atoms with Crippen molar-refractivity contribution in [1.29, 1.82) is 0 Å². The van der Waals surface area contributed by atoms with Crippen molar-refractivity contribution in [3.05, 3.63) is 82.2 Å². The number of nitro groups is 1. The zero-order chi connectivity index (χ0) is 18.5. The molecule has 0 radical (unpaired) electrons. The largest absolute Gasteiger partial charge is 0.350 e. The van der Waals surface area contributed by atoms with Gasteiger partial charge in [0.15, 0.2) is 0 Å². The minimum absolute atomic E-state index is 0.164. The van der Waals surface area contributed by atoms with E-state index >= 15 is 0 Å². The Bertz CT molecular complexity index is 937. The van der Waals surface area contributed by atoms with Crippen LogP contribution in [0.5, 0.6) is 0 Å². The lowest BCUT2D eigenvalue weighted by molar-refractivity contribution is -0.383. The maximum atomic E-state index is 12.3. The third kappa shape index (κ3) is 4.04. The lowest BCUT2D eigenvalue weighted by Crippen LogP contribution is -2.22. The average molecular weight is 351 g/mol. The highest BCUT2D eigenvalue weighted by Crippen LogP contribution is 2.28. The van der Waals surface area contributed by atoms with E-state index in [2.05, 4.69) is 15.7 Å². The van der Waals surface area contributed by atoms with E-state index in [0.29, 0.717) is 12.2 Å². The van der Waals surface area contributed by atoms with Crippen LogP contribution < -0.4 is 10.6 Å². The second-order valence-corrected chi connectivity index (χ2v) is 5.68. The topological polar surface area (TPSA) is 102 Å². The minimum atomic E-state index is -0.511. The zero-order valence-corrected chi connectivity index (χ0v) is 14.0. The number of aromatic nitrogens is 2. The molecule has 3 rings (SSSR count). The first-order chi connectivity index (χ1) is 12.5. The summed E-state index contributed by atoms with van der Waals surface area (Å²) in [6.07, 6.45) is 3.44. The number of nitro benzene ring substituents is 1. The van der Waals surface area contributed by atoms with E-state index in [1.54, 1.807) is 42.3 Å². The van der Waals surface area contributed by atoms with Gasteiger partial charge in [-0.2, -0.15) is 5.10 Å². The summed E-state index contributed by atoms with van der Waals surface area (Å²) in [5.74, 6) is -0.386. The van der Waals surface area contributed by atoms with E-state index in [-0.39, 0.29) is 17.2 Å². The molecule has 3 aromatic rings. The average Bonchev–Trinajstić information content (AvgIpc) is 3.06. The number of anilines is 2. The van der Waals surface area contributed by atoms with Crippen molar-refractivity contribution in [2.45, 2.75) is 6.54 Å². The molecule has 8 heteroatoms. The molecule has 8 nitrogen and oxygen atoms in total. The highest BCUT2D eigenvalue weighted by molar-refractivity contribution is 5.95. The molecule has 0 saturated carbocycles. The molecule has 26 heavy (non-hydrogen) atoms. The summed E-state index contributed by atoms with van der Waals surface area (Å²) in [4.78, 5) is 23.2. The number of hydrogen-bond acceptors (Lipinski definition) is 5. The van der Waals surface area contributed by atoms with E-state index < -0.39 is 4.92 Å². The number of nitrogens with zero attached hydrogens (tertiary/aromatic N) is 3. The Hall–Kier alpha value is -3.68. The second-order valence-electron chi connectivity index (χ2n) is 5.68. The van der Waals surface area contributed by atoms with Crippen LogP contribution in [0.3, 0.4) is 0 Å². The number of para-hydroxylation sites is 1. The molecular weight excluding hydrogens is 334 g/mol. The fourth-order valence-corrected chi connectivity index (χ4v) is 2.45. The van der Waals surface area contributed by atoms with Gasteiger partial charge < -0.3 is 10.6 Å². The molecule has 2 aromatic carbocycles. The van der Waals surface area contributed by atoms with Gasteiger partial charge in [-0.1, -0.05) is 18.2 Å². The highest BCUT2D eigenvalue weighted by atomic mass is 16.6. The molecule has 0 fully saturated rings. The third-order valence-electron chi connectivity index (χ3n) is 3.72. The third-order valence-corrected chi connectivity index (χ3v) is 3.72. The molecule has 0 atom stereocenters. The maximum Gasteiger partial charge on any atom is 0.293 e. The molecule has 0 aliphatic rings. The van der Waals surface area contributed by atoms with Crippen LogP contribution in [0.2, 0.25) is 0 Å². The molecule has 0 spiro atoms. The molecule has 132 valence electrons. The molecule has 1 amide bonds. The number of rotatable bonds is 6. The summed E-state index contributed by atoms with van der Waals surface area (Å²) in [6.45, 7) is 0.296. The maximum absolute atomic E-state index is 12.3. The summed E-state index contributed by atoms with van der Waals surface area (Å²) in [7, 11) is 1.78. The first kappa shape index (κ1) is 17.2. The number of nitrogens with one attached hydrogen (secondary N) is 2. The second kappa shape index (κ2) is 7.47. The van der Waals surface area contributed by atoms with Crippen LogP contribution in [0, 0.1) is 10.1 Å². The number of carbonyl (C=O) groups excluding carboxylic acids is 1. The molecule has 0 aliphatic carbocycles. The summed E-state index contributed by atoms with van der Waals surface area (Å²) >= 11 is 0. The van der Waals surface area contributed by atoms with Gasteiger partial charge in [-0.3, -0.25) is 19.6 Å². The van der Waals surface area contributed by atoms with Gasteiger partial charge in [0.1, 0.15) is 5.69 Å². The normalized spacial score (nSPS) is 10.3. The molecule has 1 heterocycles. The van der Waals surface area contributed by atoms with E-state index in [0.717, 1.165) is 11.3 Å². The van der Waals surface area contributed by atoms with Crippen molar-refractivity contribution < 1.29 is 9.72 Å². The van der Waals surface area contributed by atoms with Gasteiger partial charge in [0, 0.05) is 42.7 Å². The highest BCUT2D eigenvalue weighted by Gasteiger charge is 2.18. The van der Waals surface area contributed by atoms with Gasteiger partial charge in [-0.05, 0) is 24.3 Å². The summed E-state index contributed by atoms with van der Waals surface area (Å²) < 4.78 is 1.64. The van der Waals surface area contributed by atoms with Gasteiger partial charge in [-0.25, -0.2) is 0 Å². The molecule has 1 aromatic heterocycles. The van der Waals surface area contributed by atoms with Gasteiger partial charge in [0.2, 0.25) is 0 Å². The van der Waals surface area contributed by atoms with Crippen molar-refractivity contribution in [2.24, 2.45) is 7.05 Å². The van der Waals surface area contributed by atoms with Crippen LogP contribution in [0.25, 0.3) is 0 Å². The predicted octanol–water partition coefficient (Wildman–Crippen LogP) is 3.00. The molecule has 0 saturated heterocycles. The van der Waals surface area contributed by atoms with E-state index in [1.807, 2.05) is 18.2 Å². The van der Waals surface area contributed by atoms with Gasteiger partial charge in [-0.15, -0.1) is 0 Å². The molecule has 0 aliphatic heterocycles. The monoisotopic (exact) mass is 351 g/mol.